The van der Waals surface area contributed by atoms with E-state index in [2.05, 4.69) is 14.9 Å². The minimum atomic E-state index is -3.84. The monoisotopic (exact) mass is 350 g/mol. The van der Waals surface area contributed by atoms with Gasteiger partial charge in [0.05, 0.1) is 10.4 Å². The van der Waals surface area contributed by atoms with E-state index >= 15 is 0 Å². The summed E-state index contributed by atoms with van der Waals surface area (Å²) in [7, 11) is -3.84. The Morgan fingerprint density at radius 3 is 2.71 bits per heavy atom. The molecule has 9 heteroatoms. The Balaban J connectivity index is 2.01. The molecular formula is C15H18N4O4S. The molecule has 0 aliphatic heterocycles. The maximum Gasteiger partial charge on any atom is 0.419 e. The molecular weight excluding hydrogens is 332 g/mol. The highest BCUT2D eigenvalue weighted by molar-refractivity contribution is 7.92. The minimum Gasteiger partial charge on any atom is -0.408 e. The molecule has 0 saturated heterocycles. The predicted octanol–water partition coefficient (Wildman–Crippen LogP) is 2.01. The molecule has 0 bridgehead atoms. The first-order valence-corrected chi connectivity index (χ1v) is 9.05. The Bertz CT molecular complexity index is 1060. The van der Waals surface area contributed by atoms with E-state index in [0.717, 1.165) is 17.7 Å². The lowest BCUT2D eigenvalue weighted by Crippen LogP contribution is -2.14. The van der Waals surface area contributed by atoms with Crippen LogP contribution in [0.25, 0.3) is 11.1 Å². The van der Waals surface area contributed by atoms with Gasteiger partial charge in [0, 0.05) is 23.9 Å². The average Bonchev–Trinajstić information content (AvgIpc) is 3.05. The Hall–Kier alpha value is -2.55. The number of nitrogens with zero attached hydrogens (tertiary/aromatic N) is 2. The van der Waals surface area contributed by atoms with E-state index in [1.54, 1.807) is 13.0 Å². The summed E-state index contributed by atoms with van der Waals surface area (Å²) in [4.78, 5) is 11.7. The molecule has 1 aromatic carbocycles. The summed E-state index contributed by atoms with van der Waals surface area (Å²) in [5.41, 5.74) is 2.42. The zero-order chi connectivity index (χ0) is 17.5. The molecule has 0 aliphatic carbocycles. The second kappa shape index (κ2) is 5.82. The number of aryl methyl sites for hydroxylation is 2. The van der Waals surface area contributed by atoms with E-state index in [-0.39, 0.29) is 16.3 Å². The van der Waals surface area contributed by atoms with Crippen LogP contribution in [-0.4, -0.2) is 23.2 Å². The number of anilines is 1. The van der Waals surface area contributed by atoms with Crippen LogP contribution < -0.4 is 10.5 Å². The lowest BCUT2D eigenvalue weighted by molar-refractivity contribution is 0.512. The minimum absolute atomic E-state index is 0.00690. The number of aromatic amines is 1. The Labute approximate surface area is 138 Å². The second-order valence-corrected chi connectivity index (χ2v) is 7.06. The van der Waals surface area contributed by atoms with E-state index in [4.69, 9.17) is 4.42 Å². The number of rotatable bonds is 5. The number of benzene rings is 1. The smallest absolute Gasteiger partial charge is 0.408 e. The molecule has 2 aromatic heterocycles. The van der Waals surface area contributed by atoms with Crippen LogP contribution in [0.4, 0.5) is 5.82 Å². The molecule has 3 aromatic rings. The van der Waals surface area contributed by atoms with Gasteiger partial charge in [-0.3, -0.25) is 14.4 Å². The van der Waals surface area contributed by atoms with Gasteiger partial charge >= 0.3 is 5.76 Å². The number of hydrogen-bond donors (Lipinski definition) is 2. The molecule has 24 heavy (non-hydrogen) atoms. The fourth-order valence-electron chi connectivity index (χ4n) is 2.58. The first-order valence-electron chi connectivity index (χ1n) is 7.57. The fourth-order valence-corrected chi connectivity index (χ4v) is 3.66. The number of hydrogen-bond acceptors (Lipinski definition) is 5. The van der Waals surface area contributed by atoms with Gasteiger partial charge in [-0.05, 0) is 32.4 Å². The van der Waals surface area contributed by atoms with Crippen LogP contribution in [0, 0.1) is 6.92 Å². The van der Waals surface area contributed by atoms with Gasteiger partial charge in [-0.15, -0.1) is 0 Å². The average molecular weight is 350 g/mol. The number of H-pyrrole nitrogens is 1. The summed E-state index contributed by atoms with van der Waals surface area (Å²) in [5, 5.41) is 6.80. The largest absolute Gasteiger partial charge is 0.419 e. The van der Waals surface area contributed by atoms with Crippen LogP contribution >= 0.6 is 0 Å². The lowest BCUT2D eigenvalue weighted by atomic mass is 10.2. The Morgan fingerprint density at radius 1 is 1.33 bits per heavy atom. The van der Waals surface area contributed by atoms with Crippen molar-refractivity contribution in [1.82, 2.24) is 14.8 Å². The van der Waals surface area contributed by atoms with E-state index < -0.39 is 15.8 Å². The molecule has 0 spiro atoms. The predicted molar refractivity (Wildman–Crippen MR) is 89.7 cm³/mol. The highest BCUT2D eigenvalue weighted by Gasteiger charge is 2.20. The van der Waals surface area contributed by atoms with Crippen molar-refractivity contribution in [2.75, 3.05) is 4.72 Å². The van der Waals surface area contributed by atoms with Gasteiger partial charge in [-0.1, -0.05) is 6.92 Å². The van der Waals surface area contributed by atoms with Gasteiger partial charge in [0.2, 0.25) is 0 Å². The molecule has 8 nitrogen and oxygen atoms in total. The third kappa shape index (κ3) is 2.60. The van der Waals surface area contributed by atoms with Gasteiger partial charge in [0.15, 0.2) is 11.4 Å². The number of sulfonamides is 1. The summed E-state index contributed by atoms with van der Waals surface area (Å²) >= 11 is 0. The first-order chi connectivity index (χ1) is 11.4. The summed E-state index contributed by atoms with van der Waals surface area (Å²) < 4.78 is 34.1. The Morgan fingerprint density at radius 2 is 2.08 bits per heavy atom. The lowest BCUT2D eigenvalue weighted by Gasteiger charge is -2.06. The van der Waals surface area contributed by atoms with Crippen molar-refractivity contribution in [3.8, 4) is 0 Å². The Kier molecular flexibility index (Phi) is 3.96. The second-order valence-electron chi connectivity index (χ2n) is 5.38. The number of aromatic nitrogens is 3. The first kappa shape index (κ1) is 16.3. The SMILES string of the molecule is CCc1[nH]nc(NS(=O)(=O)c2ccc3c(c2)oc(=O)n3CC)c1C. The number of nitrogens with one attached hydrogen (secondary N) is 2. The standard InChI is InChI=1S/C15H18N4O4S/c1-4-11-9(3)14(17-16-11)18-24(21,22)10-6-7-12-13(8-10)23-15(20)19(12)5-2/h6-8H,4-5H2,1-3H3,(H2,16,17,18). The highest BCUT2D eigenvalue weighted by Crippen LogP contribution is 2.23. The number of fused-ring (bicyclic) bond motifs is 1. The van der Waals surface area contributed by atoms with Crippen LogP contribution in [0.5, 0.6) is 0 Å². The third-order valence-electron chi connectivity index (χ3n) is 3.96. The van der Waals surface area contributed by atoms with E-state index in [1.807, 2.05) is 13.8 Å². The quantitative estimate of drug-likeness (QED) is 0.731. The van der Waals surface area contributed by atoms with Crippen molar-refractivity contribution in [3.63, 3.8) is 0 Å². The molecule has 128 valence electrons. The van der Waals surface area contributed by atoms with Gasteiger partial charge in [0.25, 0.3) is 10.0 Å². The fraction of sp³-hybridized carbons (Fsp3) is 0.333. The third-order valence-corrected chi connectivity index (χ3v) is 5.30. The van der Waals surface area contributed by atoms with Crippen LogP contribution in [0.2, 0.25) is 0 Å². The zero-order valence-electron chi connectivity index (χ0n) is 13.6. The van der Waals surface area contributed by atoms with Gasteiger partial charge < -0.3 is 4.42 Å². The van der Waals surface area contributed by atoms with Gasteiger partial charge in [-0.25, -0.2) is 13.2 Å². The van der Waals surface area contributed by atoms with Crippen LogP contribution in [0.1, 0.15) is 25.1 Å². The molecule has 2 N–H and O–H groups in total. The molecule has 0 radical (unpaired) electrons. The van der Waals surface area contributed by atoms with E-state index in [9.17, 15) is 13.2 Å². The molecule has 0 atom stereocenters. The summed E-state index contributed by atoms with van der Waals surface area (Å²) in [6.07, 6.45) is 0.724. The zero-order valence-corrected chi connectivity index (χ0v) is 14.4. The number of oxazole rings is 1. The molecule has 0 saturated carbocycles. The van der Waals surface area contributed by atoms with Crippen molar-refractivity contribution < 1.29 is 12.8 Å². The van der Waals surface area contributed by atoms with Crippen LogP contribution in [-0.2, 0) is 23.0 Å². The summed E-state index contributed by atoms with van der Waals surface area (Å²) in [5.74, 6) is -0.245. The van der Waals surface area contributed by atoms with E-state index in [1.165, 1.54) is 16.7 Å². The molecule has 0 amide bonds. The van der Waals surface area contributed by atoms with Crippen molar-refractivity contribution in [1.29, 1.82) is 0 Å². The molecule has 2 heterocycles. The van der Waals surface area contributed by atoms with Crippen molar-refractivity contribution in [2.24, 2.45) is 0 Å². The normalized spacial score (nSPS) is 12.0. The van der Waals surface area contributed by atoms with Crippen LogP contribution in [0.3, 0.4) is 0 Å². The molecule has 0 fully saturated rings. The highest BCUT2D eigenvalue weighted by atomic mass is 32.2. The van der Waals surface area contributed by atoms with E-state index in [0.29, 0.717) is 12.1 Å². The maximum atomic E-state index is 12.6. The van der Waals surface area contributed by atoms with Gasteiger partial charge in [0.1, 0.15) is 0 Å². The summed E-state index contributed by atoms with van der Waals surface area (Å²) in [6.45, 7) is 6.01. The summed E-state index contributed by atoms with van der Waals surface area (Å²) in [6, 6.07) is 4.34. The molecule has 3 rings (SSSR count). The maximum absolute atomic E-state index is 12.6. The molecule has 0 aliphatic rings. The van der Waals surface area contributed by atoms with Crippen molar-refractivity contribution >= 4 is 26.9 Å². The van der Waals surface area contributed by atoms with Crippen LogP contribution in [0.15, 0.2) is 32.3 Å². The van der Waals surface area contributed by atoms with Gasteiger partial charge in [-0.2, -0.15) is 5.10 Å². The van der Waals surface area contributed by atoms with Crippen molar-refractivity contribution in [2.45, 2.75) is 38.6 Å². The molecule has 0 unspecified atom stereocenters. The topological polar surface area (TPSA) is 110 Å². The van der Waals surface area contributed by atoms with Crippen molar-refractivity contribution in [3.05, 3.63) is 40.0 Å².